The van der Waals surface area contributed by atoms with Gasteiger partial charge in [0, 0.05) is 9.11 Å². The summed E-state index contributed by atoms with van der Waals surface area (Å²) in [6.45, 7) is -1.25. The van der Waals surface area contributed by atoms with Crippen molar-refractivity contribution in [2.45, 2.75) is 30.3 Å². The standard InChI is InChI=1S/C7H12O6/c8-2-7(13)1-3(9)4(10)5(11)6(7)12/h4-6,8,10-13H,1-2H2/t4-,5+,6-,7-/m0/s1/i1D2. The smallest absolute Gasteiger partial charge is 0.167 e. The van der Waals surface area contributed by atoms with Crippen LogP contribution in [0.25, 0.3) is 0 Å². The average molecular weight is 194 g/mol. The van der Waals surface area contributed by atoms with Crippen LogP contribution in [0.2, 0.25) is 0 Å². The monoisotopic (exact) mass is 194 g/mol. The second-order valence-corrected chi connectivity index (χ2v) is 2.95. The maximum absolute atomic E-state index is 11.2. The molecule has 0 radical (unpaired) electrons. The van der Waals surface area contributed by atoms with Crippen LogP contribution in [0.3, 0.4) is 0 Å². The molecule has 0 aliphatic heterocycles. The first-order valence-corrected chi connectivity index (χ1v) is 3.62. The fraction of sp³-hybridized carbons (Fsp3) is 0.857. The van der Waals surface area contributed by atoms with E-state index in [1.165, 1.54) is 0 Å². The molecule has 0 aromatic carbocycles. The van der Waals surface area contributed by atoms with Crippen molar-refractivity contribution in [3.05, 3.63) is 0 Å². The van der Waals surface area contributed by atoms with Gasteiger partial charge in [0.2, 0.25) is 0 Å². The molecular formula is C7H12O6. The van der Waals surface area contributed by atoms with Crippen LogP contribution in [0.4, 0.5) is 0 Å². The molecule has 0 aromatic heterocycles. The van der Waals surface area contributed by atoms with Crippen molar-refractivity contribution < 1.29 is 33.1 Å². The highest BCUT2D eigenvalue weighted by atomic mass is 16.4. The van der Waals surface area contributed by atoms with E-state index in [9.17, 15) is 15.0 Å². The van der Waals surface area contributed by atoms with Crippen molar-refractivity contribution in [3.63, 3.8) is 0 Å². The summed E-state index contributed by atoms with van der Waals surface area (Å²) in [5.41, 5.74) is -2.82. The molecule has 1 aliphatic carbocycles. The third-order valence-electron chi connectivity index (χ3n) is 1.99. The number of aliphatic hydroxyl groups is 5. The molecule has 0 spiro atoms. The quantitative estimate of drug-likeness (QED) is 0.299. The summed E-state index contributed by atoms with van der Waals surface area (Å²) < 4.78 is 14.4. The number of ketones is 1. The molecule has 0 amide bonds. The number of hydrogen-bond donors (Lipinski definition) is 5. The Balaban J connectivity index is 3.22. The summed E-state index contributed by atoms with van der Waals surface area (Å²) in [5, 5.41) is 45.9. The van der Waals surface area contributed by atoms with Gasteiger partial charge in [-0.05, 0) is 0 Å². The van der Waals surface area contributed by atoms with Crippen LogP contribution >= 0.6 is 0 Å². The largest absolute Gasteiger partial charge is 0.393 e. The van der Waals surface area contributed by atoms with Gasteiger partial charge in [-0.1, -0.05) is 0 Å². The van der Waals surface area contributed by atoms with Crippen molar-refractivity contribution >= 4 is 5.78 Å². The van der Waals surface area contributed by atoms with Crippen LogP contribution in [0, 0.1) is 0 Å². The lowest BCUT2D eigenvalue weighted by molar-refractivity contribution is -0.198. The molecule has 6 nitrogen and oxygen atoms in total. The molecule has 1 saturated carbocycles. The predicted molar refractivity (Wildman–Crippen MR) is 39.7 cm³/mol. The molecule has 0 unspecified atom stereocenters. The van der Waals surface area contributed by atoms with Gasteiger partial charge in [-0.15, -0.1) is 0 Å². The maximum Gasteiger partial charge on any atom is 0.167 e. The lowest BCUT2D eigenvalue weighted by atomic mass is 9.78. The minimum atomic E-state index is -3.03. The topological polar surface area (TPSA) is 118 Å². The normalized spacial score (nSPS) is 52.7. The first-order valence-electron chi connectivity index (χ1n) is 4.62. The van der Waals surface area contributed by atoms with Crippen molar-refractivity contribution in [2.75, 3.05) is 6.61 Å². The molecule has 0 aromatic rings. The number of rotatable bonds is 1. The maximum atomic E-state index is 11.2. The number of carbonyl (C=O) groups is 1. The average Bonchev–Trinajstić information content (AvgIpc) is 2.21. The van der Waals surface area contributed by atoms with Crippen LogP contribution in [-0.2, 0) is 4.79 Å². The Morgan fingerprint density at radius 3 is 2.54 bits per heavy atom. The lowest BCUT2D eigenvalue weighted by Gasteiger charge is -2.39. The summed E-state index contributed by atoms with van der Waals surface area (Å²) in [6.07, 6.45) is -9.33. The minimum Gasteiger partial charge on any atom is -0.393 e. The SMILES string of the molecule is [2H]C1([2H])C(=O)[C@H](O)[C@@H](O)[C@H](O)[C@@]1(O)CO. The number of Topliss-reactive ketones (excluding diaryl/α,β-unsaturated/α-hetero) is 1. The van der Waals surface area contributed by atoms with E-state index in [1.807, 2.05) is 0 Å². The lowest BCUT2D eigenvalue weighted by Crippen LogP contribution is -2.62. The first-order chi connectivity index (χ1) is 6.70. The zero-order valence-electron chi connectivity index (χ0n) is 8.58. The van der Waals surface area contributed by atoms with E-state index in [4.69, 9.17) is 18.1 Å². The van der Waals surface area contributed by atoms with Crippen LogP contribution in [0.15, 0.2) is 0 Å². The van der Waals surface area contributed by atoms with Crippen LogP contribution in [0.5, 0.6) is 0 Å². The molecular weight excluding hydrogens is 180 g/mol. The van der Waals surface area contributed by atoms with Gasteiger partial charge in [0.25, 0.3) is 0 Å². The van der Waals surface area contributed by atoms with E-state index >= 15 is 0 Å². The van der Waals surface area contributed by atoms with E-state index in [1.54, 1.807) is 0 Å². The van der Waals surface area contributed by atoms with Crippen LogP contribution < -0.4 is 0 Å². The third-order valence-corrected chi connectivity index (χ3v) is 1.99. The fourth-order valence-corrected chi connectivity index (χ4v) is 1.10. The molecule has 1 aliphatic rings. The molecule has 76 valence electrons. The number of carbonyl (C=O) groups excluding carboxylic acids is 1. The van der Waals surface area contributed by atoms with Crippen LogP contribution in [0.1, 0.15) is 9.11 Å². The molecule has 4 atom stereocenters. The van der Waals surface area contributed by atoms with Crippen molar-refractivity contribution in [1.82, 2.24) is 0 Å². The van der Waals surface area contributed by atoms with Crippen molar-refractivity contribution in [2.24, 2.45) is 0 Å². The minimum absolute atomic E-state index is 1.25. The Hall–Kier alpha value is -0.530. The van der Waals surface area contributed by atoms with Gasteiger partial charge in [0.15, 0.2) is 5.78 Å². The summed E-state index contributed by atoms with van der Waals surface area (Å²) in [7, 11) is 0. The van der Waals surface area contributed by atoms with E-state index in [0.29, 0.717) is 0 Å². The van der Waals surface area contributed by atoms with Crippen molar-refractivity contribution in [3.8, 4) is 0 Å². The number of aliphatic hydroxyl groups excluding tert-OH is 4. The van der Waals surface area contributed by atoms with Gasteiger partial charge in [-0.2, -0.15) is 0 Å². The van der Waals surface area contributed by atoms with Gasteiger partial charge in [0.05, 0.1) is 6.61 Å². The zero-order chi connectivity index (χ0) is 12.0. The highest BCUT2D eigenvalue weighted by Gasteiger charge is 2.50. The van der Waals surface area contributed by atoms with Gasteiger partial charge in [-0.25, -0.2) is 0 Å². The molecule has 6 heteroatoms. The zero-order valence-corrected chi connectivity index (χ0v) is 6.58. The molecule has 1 rings (SSSR count). The summed E-state index contributed by atoms with van der Waals surface area (Å²) in [4.78, 5) is 11.2. The molecule has 1 fully saturated rings. The molecule has 5 N–H and O–H groups in total. The van der Waals surface area contributed by atoms with Crippen LogP contribution in [-0.4, -0.2) is 61.8 Å². The second kappa shape index (κ2) is 3.32. The second-order valence-electron chi connectivity index (χ2n) is 2.95. The summed E-state index contributed by atoms with van der Waals surface area (Å²) >= 11 is 0. The van der Waals surface area contributed by atoms with Gasteiger partial charge < -0.3 is 25.5 Å². The molecule has 13 heavy (non-hydrogen) atoms. The highest BCUT2D eigenvalue weighted by Crippen LogP contribution is 2.26. The molecule has 0 heterocycles. The van der Waals surface area contributed by atoms with Gasteiger partial charge in [-0.3, -0.25) is 4.79 Å². The van der Waals surface area contributed by atoms with E-state index in [0.717, 1.165) is 0 Å². The van der Waals surface area contributed by atoms with E-state index in [-0.39, 0.29) is 0 Å². The Bertz CT molecular complexity index is 283. The summed E-state index contributed by atoms with van der Waals surface area (Å²) in [5.74, 6) is -1.48. The Morgan fingerprint density at radius 2 is 2.08 bits per heavy atom. The fourth-order valence-electron chi connectivity index (χ4n) is 1.10. The Kier molecular flexibility index (Phi) is 2.00. The number of hydrogen-bond acceptors (Lipinski definition) is 6. The third kappa shape index (κ3) is 1.59. The molecule has 0 saturated heterocycles. The van der Waals surface area contributed by atoms with Crippen molar-refractivity contribution in [1.29, 1.82) is 0 Å². The molecule has 0 bridgehead atoms. The first kappa shape index (κ1) is 7.84. The Labute approximate surface area is 76.9 Å². The predicted octanol–water partition coefficient (Wildman–Crippen LogP) is -3.23. The Morgan fingerprint density at radius 1 is 1.54 bits per heavy atom. The summed E-state index contributed by atoms with van der Waals surface area (Å²) in [6, 6.07) is 0. The highest BCUT2D eigenvalue weighted by molar-refractivity contribution is 5.85. The van der Waals surface area contributed by atoms with Gasteiger partial charge >= 0.3 is 0 Å². The van der Waals surface area contributed by atoms with E-state index in [2.05, 4.69) is 0 Å². The van der Waals surface area contributed by atoms with E-state index < -0.39 is 42.7 Å². The van der Waals surface area contributed by atoms with Gasteiger partial charge in [0.1, 0.15) is 23.9 Å².